The Bertz CT molecular complexity index is 502. The molecular weight excluding hydrogens is 288 g/mol. The summed E-state index contributed by atoms with van der Waals surface area (Å²) in [5.41, 5.74) is 1.05. The summed E-state index contributed by atoms with van der Waals surface area (Å²) in [6.45, 7) is 0.619. The Morgan fingerprint density at radius 1 is 1.36 bits per heavy atom. The number of β-amino-alcohol motifs (C(OH)–C–C–N with tert-alkyl or cyclic N) is 1. The molecule has 2 aliphatic heterocycles. The maximum Gasteiger partial charge on any atom is 0.207 e. The minimum absolute atomic E-state index is 0.0670. The van der Waals surface area contributed by atoms with E-state index in [1.54, 1.807) is 12.4 Å². The van der Waals surface area contributed by atoms with Gasteiger partial charge in [-0.1, -0.05) is 6.07 Å². The fourth-order valence-electron chi connectivity index (χ4n) is 3.29. The van der Waals surface area contributed by atoms with E-state index < -0.39 is 24.1 Å². The lowest BCUT2D eigenvalue weighted by Gasteiger charge is -2.44. The lowest BCUT2D eigenvalue weighted by Crippen LogP contribution is -2.64. The number of hydrogen-bond donors (Lipinski definition) is 4. The summed E-state index contributed by atoms with van der Waals surface area (Å²) in [7, 11) is 0. The lowest BCUT2D eigenvalue weighted by atomic mass is 9.96. The molecule has 2 saturated heterocycles. The van der Waals surface area contributed by atoms with Gasteiger partial charge in [-0.15, -0.1) is 0 Å². The predicted molar refractivity (Wildman–Crippen MR) is 76.7 cm³/mol. The van der Waals surface area contributed by atoms with E-state index >= 15 is 0 Å². The smallest absolute Gasteiger partial charge is 0.207 e. The second-order valence-corrected chi connectivity index (χ2v) is 6.07. The molecule has 3 rings (SSSR count). The van der Waals surface area contributed by atoms with Crippen LogP contribution in [0.4, 0.5) is 0 Å². The quantitative estimate of drug-likeness (QED) is 0.568. The zero-order chi connectivity index (χ0) is 15.7. The van der Waals surface area contributed by atoms with Gasteiger partial charge in [-0.25, -0.2) is 0 Å². The highest BCUT2D eigenvalue weighted by atomic mass is 16.6. The van der Waals surface area contributed by atoms with Crippen molar-refractivity contribution in [3.8, 4) is 0 Å². The average Bonchev–Trinajstić information content (AvgIpc) is 2.98. The zero-order valence-corrected chi connectivity index (χ0v) is 12.2. The first-order valence-electron chi connectivity index (χ1n) is 7.56. The van der Waals surface area contributed by atoms with Crippen molar-refractivity contribution in [1.29, 1.82) is 0 Å². The highest BCUT2D eigenvalue weighted by Crippen LogP contribution is 2.34. The molecule has 0 aromatic carbocycles. The van der Waals surface area contributed by atoms with Crippen molar-refractivity contribution in [3.05, 3.63) is 30.1 Å². The monoisotopic (exact) mass is 310 g/mol. The number of aliphatic hydroxyl groups is 4. The number of hydrogen-bond acceptors (Lipinski definition) is 7. The predicted octanol–water partition coefficient (Wildman–Crippen LogP) is -0.980. The van der Waals surface area contributed by atoms with Crippen LogP contribution in [0.3, 0.4) is 0 Å². The minimum atomic E-state index is -1.89. The van der Waals surface area contributed by atoms with Crippen LogP contribution in [0.15, 0.2) is 24.5 Å². The molecule has 2 fully saturated rings. The van der Waals surface area contributed by atoms with E-state index in [0.29, 0.717) is 0 Å². The molecule has 0 spiro atoms. The lowest BCUT2D eigenvalue weighted by molar-refractivity contribution is -0.325. The van der Waals surface area contributed by atoms with Gasteiger partial charge in [-0.2, -0.15) is 0 Å². The summed E-state index contributed by atoms with van der Waals surface area (Å²) >= 11 is 0. The van der Waals surface area contributed by atoms with Crippen molar-refractivity contribution in [2.24, 2.45) is 0 Å². The third-order valence-electron chi connectivity index (χ3n) is 4.55. The summed E-state index contributed by atoms with van der Waals surface area (Å²) in [4.78, 5) is 6.14. The van der Waals surface area contributed by atoms with E-state index in [2.05, 4.69) is 4.98 Å². The van der Waals surface area contributed by atoms with Crippen molar-refractivity contribution in [3.63, 3.8) is 0 Å². The Kier molecular flexibility index (Phi) is 4.44. The van der Waals surface area contributed by atoms with E-state index in [9.17, 15) is 20.4 Å². The summed E-state index contributed by atoms with van der Waals surface area (Å²) in [5, 5.41) is 39.9. The van der Waals surface area contributed by atoms with Gasteiger partial charge in [0.15, 0.2) is 0 Å². The highest BCUT2D eigenvalue weighted by molar-refractivity contribution is 5.15. The first-order chi connectivity index (χ1) is 10.5. The van der Waals surface area contributed by atoms with E-state index in [0.717, 1.165) is 24.9 Å². The molecule has 1 aromatic rings. The summed E-state index contributed by atoms with van der Waals surface area (Å²) in [5.74, 6) is -1.89. The van der Waals surface area contributed by atoms with Crippen molar-refractivity contribution in [1.82, 2.24) is 9.88 Å². The second kappa shape index (κ2) is 6.19. The van der Waals surface area contributed by atoms with Crippen molar-refractivity contribution in [2.75, 3.05) is 19.7 Å². The van der Waals surface area contributed by atoms with Crippen LogP contribution in [0.25, 0.3) is 0 Å². The molecule has 22 heavy (non-hydrogen) atoms. The number of rotatable bonds is 3. The molecule has 7 heteroatoms. The third-order valence-corrected chi connectivity index (χ3v) is 4.55. The van der Waals surface area contributed by atoms with Gasteiger partial charge in [0, 0.05) is 18.4 Å². The summed E-state index contributed by atoms with van der Waals surface area (Å²) < 4.78 is 5.24. The summed E-state index contributed by atoms with van der Waals surface area (Å²) in [6, 6.07) is 3.95. The standard InChI is InChI=1S/C15H22N2O5/c18-12-8-22-15(21,14(20)13(12)19)9-17-6-2-4-11(17)10-3-1-5-16-7-10/h1,3,5,7,11-14,18-21H,2,4,6,8-9H2. The highest BCUT2D eigenvalue weighted by Gasteiger charge is 2.50. The number of aromatic nitrogens is 1. The van der Waals surface area contributed by atoms with Crippen LogP contribution < -0.4 is 0 Å². The first kappa shape index (κ1) is 15.8. The number of nitrogens with zero attached hydrogens (tertiary/aromatic N) is 2. The largest absolute Gasteiger partial charge is 0.388 e. The number of ether oxygens (including phenoxy) is 1. The molecular formula is C15H22N2O5. The van der Waals surface area contributed by atoms with Gasteiger partial charge in [0.2, 0.25) is 5.79 Å². The second-order valence-electron chi connectivity index (χ2n) is 6.07. The zero-order valence-electron chi connectivity index (χ0n) is 12.2. The van der Waals surface area contributed by atoms with E-state index in [1.807, 2.05) is 17.0 Å². The van der Waals surface area contributed by atoms with Gasteiger partial charge < -0.3 is 25.2 Å². The molecule has 0 aliphatic carbocycles. The number of pyridine rings is 1. The molecule has 5 atom stereocenters. The fourth-order valence-corrected chi connectivity index (χ4v) is 3.29. The van der Waals surface area contributed by atoms with Crippen LogP contribution in [0.5, 0.6) is 0 Å². The molecule has 4 N–H and O–H groups in total. The Hall–Kier alpha value is -1.09. The number of likely N-dealkylation sites (tertiary alicyclic amines) is 1. The van der Waals surface area contributed by atoms with Gasteiger partial charge in [0.25, 0.3) is 0 Å². The summed E-state index contributed by atoms with van der Waals surface area (Å²) in [6.07, 6.45) is 1.25. The maximum atomic E-state index is 10.6. The van der Waals surface area contributed by atoms with Gasteiger partial charge in [-0.05, 0) is 31.0 Å². The van der Waals surface area contributed by atoms with Gasteiger partial charge >= 0.3 is 0 Å². The Labute approximate surface area is 128 Å². The average molecular weight is 310 g/mol. The Morgan fingerprint density at radius 2 is 2.18 bits per heavy atom. The molecule has 122 valence electrons. The number of aliphatic hydroxyl groups excluding tert-OH is 3. The van der Waals surface area contributed by atoms with Crippen LogP contribution >= 0.6 is 0 Å². The SMILES string of the molecule is OC1COC(O)(CN2CCCC2c2cccnc2)C(O)C1O. The molecule has 0 radical (unpaired) electrons. The fraction of sp³-hybridized carbons (Fsp3) is 0.667. The molecule has 2 aliphatic rings. The van der Waals surface area contributed by atoms with Crippen molar-refractivity contribution < 1.29 is 25.2 Å². The Balaban J connectivity index is 1.74. The van der Waals surface area contributed by atoms with Crippen molar-refractivity contribution >= 4 is 0 Å². The Morgan fingerprint density at radius 3 is 2.91 bits per heavy atom. The molecule has 3 heterocycles. The van der Waals surface area contributed by atoms with E-state index in [-0.39, 0.29) is 19.2 Å². The molecule has 5 unspecified atom stereocenters. The van der Waals surface area contributed by atoms with E-state index in [1.165, 1.54) is 0 Å². The first-order valence-corrected chi connectivity index (χ1v) is 7.56. The van der Waals surface area contributed by atoms with Crippen molar-refractivity contribution in [2.45, 2.75) is 43.0 Å². The third kappa shape index (κ3) is 2.88. The minimum Gasteiger partial charge on any atom is -0.388 e. The van der Waals surface area contributed by atoms with Crippen LogP contribution in [-0.2, 0) is 4.74 Å². The van der Waals surface area contributed by atoms with Gasteiger partial charge in [-0.3, -0.25) is 9.88 Å². The topological polar surface area (TPSA) is 106 Å². The molecule has 1 aromatic heterocycles. The van der Waals surface area contributed by atoms with E-state index in [4.69, 9.17) is 4.74 Å². The van der Waals surface area contributed by atoms with Crippen LogP contribution in [-0.4, -0.2) is 74.1 Å². The molecule has 0 amide bonds. The maximum absolute atomic E-state index is 10.6. The normalized spacial score (nSPS) is 40.0. The molecule has 0 saturated carbocycles. The van der Waals surface area contributed by atoms with Crippen LogP contribution in [0.2, 0.25) is 0 Å². The van der Waals surface area contributed by atoms with Crippen LogP contribution in [0, 0.1) is 0 Å². The molecule has 0 bridgehead atoms. The van der Waals surface area contributed by atoms with Gasteiger partial charge in [0.1, 0.15) is 18.3 Å². The van der Waals surface area contributed by atoms with Gasteiger partial charge in [0.05, 0.1) is 13.2 Å². The van der Waals surface area contributed by atoms with Crippen LogP contribution in [0.1, 0.15) is 24.4 Å². The molecule has 7 nitrogen and oxygen atoms in total.